The van der Waals surface area contributed by atoms with Crippen molar-refractivity contribution < 1.29 is 4.79 Å². The summed E-state index contributed by atoms with van der Waals surface area (Å²) in [5, 5.41) is 5.49. The van der Waals surface area contributed by atoms with Gasteiger partial charge in [-0.2, -0.15) is 0 Å². The fraction of sp³-hybridized carbons (Fsp3) is 0.158. The van der Waals surface area contributed by atoms with Gasteiger partial charge in [0, 0.05) is 14.5 Å². The summed E-state index contributed by atoms with van der Waals surface area (Å²) in [6.07, 6.45) is 1.37. The molecule has 0 radical (unpaired) electrons. The second kappa shape index (κ2) is 7.90. The Hall–Kier alpha value is -1.73. The molecule has 0 bridgehead atoms. The van der Waals surface area contributed by atoms with E-state index in [2.05, 4.69) is 51.9 Å². The van der Waals surface area contributed by atoms with E-state index in [1.807, 2.05) is 41.8 Å². The first-order chi connectivity index (χ1) is 11.6. The van der Waals surface area contributed by atoms with Gasteiger partial charge in [-0.3, -0.25) is 4.79 Å². The minimum Gasteiger partial charge on any atom is -0.302 e. The third-order valence-corrected chi connectivity index (χ3v) is 5.16. The van der Waals surface area contributed by atoms with Crippen LogP contribution >= 0.6 is 33.9 Å². The van der Waals surface area contributed by atoms with E-state index in [4.69, 9.17) is 0 Å². The Bertz CT molecular complexity index is 825. The number of carbonyl (C=O) groups is 1. The zero-order chi connectivity index (χ0) is 16.9. The molecule has 1 N–H and O–H groups in total. The fourth-order valence-electron chi connectivity index (χ4n) is 2.33. The van der Waals surface area contributed by atoms with Crippen LogP contribution in [0.4, 0.5) is 5.13 Å². The molecule has 122 valence electrons. The van der Waals surface area contributed by atoms with Crippen molar-refractivity contribution in [2.75, 3.05) is 5.32 Å². The highest BCUT2D eigenvalue weighted by Crippen LogP contribution is 2.25. The van der Waals surface area contributed by atoms with Gasteiger partial charge in [-0.05, 0) is 52.3 Å². The molecule has 3 rings (SSSR count). The number of aromatic nitrogens is 1. The molecule has 0 saturated heterocycles. The lowest BCUT2D eigenvalue weighted by molar-refractivity contribution is -0.115. The molecule has 5 heteroatoms. The van der Waals surface area contributed by atoms with Crippen molar-refractivity contribution in [3.05, 3.63) is 68.6 Å². The summed E-state index contributed by atoms with van der Waals surface area (Å²) in [6, 6.07) is 16.3. The number of nitrogens with one attached hydrogen (secondary N) is 1. The standard InChI is InChI=1S/C19H17IN2OS/c1-2-13-3-5-14(6-4-13)11-18(23)22-19-21-17(12-24-19)15-7-9-16(20)10-8-15/h3-10,12H,2,11H2,1H3,(H,21,22,23). The fourth-order valence-corrected chi connectivity index (χ4v) is 3.42. The van der Waals surface area contributed by atoms with Crippen LogP contribution in [0.5, 0.6) is 0 Å². The van der Waals surface area contributed by atoms with Crippen LogP contribution in [0.25, 0.3) is 11.3 Å². The normalized spacial score (nSPS) is 10.6. The second-order valence-corrected chi connectivity index (χ2v) is 7.54. The third-order valence-electron chi connectivity index (χ3n) is 3.69. The Morgan fingerprint density at radius 2 is 1.75 bits per heavy atom. The van der Waals surface area contributed by atoms with E-state index in [1.165, 1.54) is 20.5 Å². The molecule has 1 amide bonds. The van der Waals surface area contributed by atoms with E-state index in [0.29, 0.717) is 11.6 Å². The number of thiazole rings is 1. The molecule has 0 unspecified atom stereocenters. The van der Waals surface area contributed by atoms with Crippen LogP contribution in [0.15, 0.2) is 53.9 Å². The van der Waals surface area contributed by atoms with Gasteiger partial charge in [-0.25, -0.2) is 4.98 Å². The minimum atomic E-state index is -0.0391. The Morgan fingerprint density at radius 3 is 2.42 bits per heavy atom. The van der Waals surface area contributed by atoms with Crippen molar-refractivity contribution in [1.82, 2.24) is 4.98 Å². The lowest BCUT2D eigenvalue weighted by Gasteiger charge is -2.03. The predicted octanol–water partition coefficient (Wildman–Crippen LogP) is 5.16. The molecule has 0 fully saturated rings. The number of nitrogens with zero attached hydrogens (tertiary/aromatic N) is 1. The number of benzene rings is 2. The van der Waals surface area contributed by atoms with Gasteiger partial charge in [-0.1, -0.05) is 43.3 Å². The number of hydrogen-bond acceptors (Lipinski definition) is 3. The summed E-state index contributed by atoms with van der Waals surface area (Å²) in [4.78, 5) is 16.7. The monoisotopic (exact) mass is 448 g/mol. The van der Waals surface area contributed by atoms with Crippen molar-refractivity contribution in [3.63, 3.8) is 0 Å². The van der Waals surface area contributed by atoms with Crippen LogP contribution in [-0.2, 0) is 17.6 Å². The van der Waals surface area contributed by atoms with Crippen LogP contribution in [0.3, 0.4) is 0 Å². The summed E-state index contributed by atoms with van der Waals surface area (Å²) in [5.41, 5.74) is 4.24. The number of anilines is 1. The zero-order valence-corrected chi connectivity index (χ0v) is 16.2. The number of halogens is 1. The van der Waals surface area contributed by atoms with Gasteiger partial charge < -0.3 is 5.32 Å². The summed E-state index contributed by atoms with van der Waals surface area (Å²) in [6.45, 7) is 2.12. The maximum Gasteiger partial charge on any atom is 0.230 e. The summed E-state index contributed by atoms with van der Waals surface area (Å²) in [7, 11) is 0. The summed E-state index contributed by atoms with van der Waals surface area (Å²) >= 11 is 3.73. The van der Waals surface area contributed by atoms with E-state index in [9.17, 15) is 4.79 Å². The van der Waals surface area contributed by atoms with Crippen LogP contribution in [0.1, 0.15) is 18.1 Å². The van der Waals surface area contributed by atoms with Crippen LogP contribution in [-0.4, -0.2) is 10.9 Å². The molecule has 2 aromatic carbocycles. The molecule has 24 heavy (non-hydrogen) atoms. The number of amides is 1. The van der Waals surface area contributed by atoms with Crippen molar-refractivity contribution >= 4 is 45.0 Å². The first-order valence-corrected chi connectivity index (χ1v) is 9.69. The lowest BCUT2D eigenvalue weighted by Crippen LogP contribution is -2.14. The van der Waals surface area contributed by atoms with Gasteiger partial charge in [0.15, 0.2) is 5.13 Å². The zero-order valence-electron chi connectivity index (χ0n) is 13.3. The molecular formula is C19H17IN2OS. The van der Waals surface area contributed by atoms with Crippen molar-refractivity contribution in [2.45, 2.75) is 19.8 Å². The molecule has 3 nitrogen and oxygen atoms in total. The van der Waals surface area contributed by atoms with Crippen LogP contribution in [0, 0.1) is 3.57 Å². The summed E-state index contributed by atoms with van der Waals surface area (Å²) < 4.78 is 1.19. The van der Waals surface area contributed by atoms with Crippen molar-refractivity contribution in [1.29, 1.82) is 0 Å². The molecule has 1 heterocycles. The first kappa shape index (κ1) is 17.1. The van der Waals surface area contributed by atoms with Gasteiger partial charge in [-0.15, -0.1) is 11.3 Å². The highest BCUT2D eigenvalue weighted by Gasteiger charge is 2.09. The van der Waals surface area contributed by atoms with E-state index in [1.54, 1.807) is 0 Å². The van der Waals surface area contributed by atoms with E-state index >= 15 is 0 Å². The molecule has 0 aliphatic carbocycles. The minimum absolute atomic E-state index is 0.0391. The van der Waals surface area contributed by atoms with Crippen LogP contribution < -0.4 is 5.32 Å². The molecule has 0 spiro atoms. The number of carbonyl (C=O) groups excluding carboxylic acids is 1. The van der Waals surface area contributed by atoms with E-state index < -0.39 is 0 Å². The third kappa shape index (κ3) is 4.42. The quantitative estimate of drug-likeness (QED) is 0.548. The highest BCUT2D eigenvalue weighted by molar-refractivity contribution is 14.1. The maximum absolute atomic E-state index is 12.2. The number of rotatable bonds is 5. The van der Waals surface area contributed by atoms with Gasteiger partial charge in [0.1, 0.15) is 0 Å². The smallest absolute Gasteiger partial charge is 0.230 e. The number of hydrogen-bond donors (Lipinski definition) is 1. The Morgan fingerprint density at radius 1 is 1.08 bits per heavy atom. The van der Waals surface area contributed by atoms with E-state index in [0.717, 1.165) is 23.2 Å². The lowest BCUT2D eigenvalue weighted by atomic mass is 10.1. The average Bonchev–Trinajstić information content (AvgIpc) is 3.04. The largest absolute Gasteiger partial charge is 0.302 e. The van der Waals surface area contributed by atoms with Gasteiger partial charge in [0.25, 0.3) is 0 Å². The SMILES string of the molecule is CCc1ccc(CC(=O)Nc2nc(-c3ccc(I)cc3)cs2)cc1. The molecule has 0 saturated carbocycles. The Kier molecular flexibility index (Phi) is 5.63. The average molecular weight is 448 g/mol. The first-order valence-electron chi connectivity index (χ1n) is 7.73. The molecule has 1 aromatic heterocycles. The van der Waals surface area contributed by atoms with Crippen LogP contribution in [0.2, 0.25) is 0 Å². The molecule has 0 aliphatic heterocycles. The second-order valence-electron chi connectivity index (χ2n) is 5.44. The Balaban J connectivity index is 1.63. The predicted molar refractivity (Wildman–Crippen MR) is 108 cm³/mol. The summed E-state index contributed by atoms with van der Waals surface area (Å²) in [5.74, 6) is -0.0391. The van der Waals surface area contributed by atoms with Gasteiger partial charge >= 0.3 is 0 Å². The van der Waals surface area contributed by atoms with E-state index in [-0.39, 0.29) is 5.91 Å². The molecule has 3 aromatic rings. The molecular weight excluding hydrogens is 431 g/mol. The molecule has 0 atom stereocenters. The maximum atomic E-state index is 12.2. The molecule has 0 aliphatic rings. The number of aryl methyl sites for hydroxylation is 1. The van der Waals surface area contributed by atoms with Gasteiger partial charge in [0.2, 0.25) is 5.91 Å². The Labute approximate surface area is 159 Å². The van der Waals surface area contributed by atoms with Crippen molar-refractivity contribution in [3.8, 4) is 11.3 Å². The topological polar surface area (TPSA) is 42.0 Å². The highest BCUT2D eigenvalue weighted by atomic mass is 127. The van der Waals surface area contributed by atoms with Crippen molar-refractivity contribution in [2.24, 2.45) is 0 Å². The van der Waals surface area contributed by atoms with Gasteiger partial charge in [0.05, 0.1) is 12.1 Å².